The van der Waals surface area contributed by atoms with Crippen molar-refractivity contribution in [3.05, 3.63) is 24.5 Å². The lowest BCUT2D eigenvalue weighted by molar-refractivity contribution is -0.146. The molecule has 1 aliphatic carbocycles. The summed E-state index contributed by atoms with van der Waals surface area (Å²) in [4.78, 5) is 16.6. The van der Waals surface area contributed by atoms with Gasteiger partial charge in [0.15, 0.2) is 0 Å². The average Bonchev–Trinajstić information content (AvgIpc) is 2.40. The number of carboxylic acids is 1. The molecule has 0 amide bonds. The summed E-state index contributed by atoms with van der Waals surface area (Å²) < 4.78 is 0. The Hall–Kier alpha value is -1.07. The van der Waals surface area contributed by atoms with Gasteiger partial charge in [0, 0.05) is 22.5 Å². The molecule has 0 bridgehead atoms. The number of carboxylic acid groups (broad SMARTS) is 1. The summed E-state index contributed by atoms with van der Waals surface area (Å²) in [6.07, 6.45) is 6.96. The molecule has 5 heteroatoms. The maximum atomic E-state index is 11.4. The minimum Gasteiger partial charge on any atom is -0.480 e. The Kier molecular flexibility index (Phi) is 4.24. The van der Waals surface area contributed by atoms with E-state index in [-0.39, 0.29) is 0 Å². The molecule has 1 aromatic rings. The summed E-state index contributed by atoms with van der Waals surface area (Å²) in [5.41, 5.74) is -0.747. The van der Waals surface area contributed by atoms with E-state index in [2.05, 4.69) is 10.3 Å². The standard InChI is InChI=1S/C13H18N2O2S/c1-14-13(12(16)17)6-2-3-11(9-13)18-10-4-7-15-8-5-10/h4-5,7-8,11,14H,2-3,6,9H2,1H3,(H,16,17). The van der Waals surface area contributed by atoms with Crippen molar-refractivity contribution in [3.8, 4) is 0 Å². The number of likely N-dealkylation sites (N-methyl/N-ethyl adjacent to an activating group) is 1. The van der Waals surface area contributed by atoms with E-state index < -0.39 is 11.5 Å². The van der Waals surface area contributed by atoms with Gasteiger partial charge in [-0.25, -0.2) is 0 Å². The van der Waals surface area contributed by atoms with Crippen molar-refractivity contribution in [2.45, 2.75) is 41.4 Å². The second-order valence-corrected chi connectivity index (χ2v) is 6.03. The molecule has 0 spiro atoms. The van der Waals surface area contributed by atoms with Crippen LogP contribution < -0.4 is 5.32 Å². The first kappa shape index (κ1) is 13.4. The summed E-state index contributed by atoms with van der Waals surface area (Å²) in [7, 11) is 1.74. The molecule has 0 saturated heterocycles. The fourth-order valence-electron chi connectivity index (χ4n) is 2.46. The van der Waals surface area contributed by atoms with Gasteiger partial charge in [0.25, 0.3) is 0 Å². The number of hydrogen-bond acceptors (Lipinski definition) is 4. The highest BCUT2D eigenvalue weighted by molar-refractivity contribution is 8.00. The Morgan fingerprint density at radius 3 is 2.89 bits per heavy atom. The monoisotopic (exact) mass is 266 g/mol. The van der Waals surface area contributed by atoms with Crippen molar-refractivity contribution in [2.75, 3.05) is 7.05 Å². The van der Waals surface area contributed by atoms with E-state index in [9.17, 15) is 9.90 Å². The summed E-state index contributed by atoms with van der Waals surface area (Å²) in [5.74, 6) is -0.731. The van der Waals surface area contributed by atoms with Gasteiger partial charge in [0.05, 0.1) is 0 Å². The Morgan fingerprint density at radius 2 is 2.28 bits per heavy atom. The third kappa shape index (κ3) is 2.84. The molecular formula is C13H18N2O2S. The summed E-state index contributed by atoms with van der Waals surface area (Å²) in [6, 6.07) is 3.95. The quantitative estimate of drug-likeness (QED) is 0.874. The number of hydrogen-bond donors (Lipinski definition) is 2. The maximum Gasteiger partial charge on any atom is 0.323 e. The lowest BCUT2D eigenvalue weighted by Gasteiger charge is -2.37. The molecule has 2 rings (SSSR count). The zero-order valence-corrected chi connectivity index (χ0v) is 11.2. The van der Waals surface area contributed by atoms with Crippen molar-refractivity contribution >= 4 is 17.7 Å². The van der Waals surface area contributed by atoms with Gasteiger partial charge >= 0.3 is 5.97 Å². The van der Waals surface area contributed by atoms with Gasteiger partial charge in [-0.05, 0) is 44.9 Å². The molecule has 1 fully saturated rings. The van der Waals surface area contributed by atoms with E-state index in [1.807, 2.05) is 12.1 Å². The first-order chi connectivity index (χ1) is 8.66. The van der Waals surface area contributed by atoms with Gasteiger partial charge in [-0.2, -0.15) is 0 Å². The van der Waals surface area contributed by atoms with Gasteiger partial charge in [0.2, 0.25) is 0 Å². The topological polar surface area (TPSA) is 62.2 Å². The number of carbonyl (C=O) groups is 1. The molecule has 1 saturated carbocycles. The van der Waals surface area contributed by atoms with Crippen LogP contribution in [0.15, 0.2) is 29.4 Å². The molecule has 4 nitrogen and oxygen atoms in total. The summed E-state index contributed by atoms with van der Waals surface area (Å²) in [5, 5.41) is 12.7. The lowest BCUT2D eigenvalue weighted by Crippen LogP contribution is -2.53. The van der Waals surface area contributed by atoms with Crippen LogP contribution in [0.2, 0.25) is 0 Å². The predicted molar refractivity (Wildman–Crippen MR) is 71.8 cm³/mol. The van der Waals surface area contributed by atoms with Gasteiger partial charge in [-0.3, -0.25) is 9.78 Å². The molecule has 2 unspecified atom stereocenters. The fraction of sp³-hybridized carbons (Fsp3) is 0.538. The van der Waals surface area contributed by atoms with Crippen molar-refractivity contribution in [2.24, 2.45) is 0 Å². The largest absolute Gasteiger partial charge is 0.480 e. The maximum absolute atomic E-state index is 11.4. The SMILES string of the molecule is CNC1(C(=O)O)CCCC(Sc2ccncc2)C1. The van der Waals surface area contributed by atoms with E-state index in [0.717, 1.165) is 17.7 Å². The Morgan fingerprint density at radius 1 is 1.56 bits per heavy atom. The predicted octanol–water partition coefficient (Wildman–Crippen LogP) is 2.16. The normalized spacial score (nSPS) is 27.9. The molecule has 98 valence electrons. The fourth-order valence-corrected chi connectivity index (χ4v) is 3.78. The highest BCUT2D eigenvalue weighted by Gasteiger charge is 2.41. The first-order valence-corrected chi connectivity index (χ1v) is 7.03. The van der Waals surface area contributed by atoms with Crippen molar-refractivity contribution < 1.29 is 9.90 Å². The molecule has 1 heterocycles. The molecule has 1 aromatic heterocycles. The van der Waals surface area contributed by atoms with Crippen LogP contribution in [0.4, 0.5) is 0 Å². The molecular weight excluding hydrogens is 248 g/mol. The van der Waals surface area contributed by atoms with Crippen LogP contribution in [-0.2, 0) is 4.79 Å². The van der Waals surface area contributed by atoms with Crippen LogP contribution in [0.1, 0.15) is 25.7 Å². The van der Waals surface area contributed by atoms with Crippen LogP contribution in [-0.4, -0.2) is 33.9 Å². The van der Waals surface area contributed by atoms with Crippen molar-refractivity contribution in [3.63, 3.8) is 0 Å². The second-order valence-electron chi connectivity index (χ2n) is 4.66. The van der Waals surface area contributed by atoms with Crippen LogP contribution >= 0.6 is 11.8 Å². The number of aromatic nitrogens is 1. The Labute approximate surface area is 111 Å². The van der Waals surface area contributed by atoms with E-state index in [0.29, 0.717) is 18.1 Å². The van der Waals surface area contributed by atoms with E-state index >= 15 is 0 Å². The molecule has 0 aliphatic heterocycles. The van der Waals surface area contributed by atoms with Crippen LogP contribution in [0.3, 0.4) is 0 Å². The minimum atomic E-state index is -0.747. The number of thioether (sulfide) groups is 1. The second kappa shape index (κ2) is 5.71. The van der Waals surface area contributed by atoms with Gasteiger partial charge in [0.1, 0.15) is 5.54 Å². The smallest absolute Gasteiger partial charge is 0.323 e. The number of rotatable bonds is 4. The number of pyridine rings is 1. The number of nitrogens with one attached hydrogen (secondary N) is 1. The molecule has 18 heavy (non-hydrogen) atoms. The van der Waals surface area contributed by atoms with E-state index in [1.54, 1.807) is 31.2 Å². The third-order valence-electron chi connectivity index (χ3n) is 3.55. The molecule has 0 radical (unpaired) electrons. The van der Waals surface area contributed by atoms with Gasteiger partial charge in [-0.1, -0.05) is 0 Å². The third-order valence-corrected chi connectivity index (χ3v) is 4.83. The lowest BCUT2D eigenvalue weighted by atomic mass is 9.81. The Balaban J connectivity index is 2.05. The minimum absolute atomic E-state index is 0.352. The molecule has 0 aromatic carbocycles. The molecule has 2 atom stereocenters. The highest BCUT2D eigenvalue weighted by Crippen LogP contribution is 2.38. The zero-order chi connectivity index (χ0) is 13.0. The highest BCUT2D eigenvalue weighted by atomic mass is 32.2. The van der Waals surface area contributed by atoms with Crippen LogP contribution in [0.25, 0.3) is 0 Å². The van der Waals surface area contributed by atoms with Crippen molar-refractivity contribution in [1.29, 1.82) is 0 Å². The number of aliphatic carboxylic acids is 1. The molecule has 1 aliphatic rings. The van der Waals surface area contributed by atoms with Gasteiger partial charge in [-0.15, -0.1) is 11.8 Å². The number of nitrogens with zero attached hydrogens (tertiary/aromatic N) is 1. The van der Waals surface area contributed by atoms with E-state index in [4.69, 9.17) is 0 Å². The Bertz CT molecular complexity index is 413. The summed E-state index contributed by atoms with van der Waals surface area (Å²) in [6.45, 7) is 0. The van der Waals surface area contributed by atoms with Crippen molar-refractivity contribution in [1.82, 2.24) is 10.3 Å². The average molecular weight is 266 g/mol. The first-order valence-electron chi connectivity index (χ1n) is 6.15. The van der Waals surface area contributed by atoms with Crippen LogP contribution in [0.5, 0.6) is 0 Å². The molecule has 2 N–H and O–H groups in total. The summed E-state index contributed by atoms with van der Waals surface area (Å²) >= 11 is 1.76. The zero-order valence-electron chi connectivity index (χ0n) is 10.4. The van der Waals surface area contributed by atoms with Gasteiger partial charge < -0.3 is 10.4 Å². The van der Waals surface area contributed by atoms with E-state index in [1.165, 1.54) is 0 Å². The van der Waals surface area contributed by atoms with Crippen LogP contribution in [0, 0.1) is 0 Å².